The fourth-order valence-corrected chi connectivity index (χ4v) is 3.53. The Bertz CT molecular complexity index is 319. The largest absolute Gasteiger partial charge is 0.354 e. The summed E-state index contributed by atoms with van der Waals surface area (Å²) in [6.07, 6.45) is 10.4. The van der Waals surface area contributed by atoms with Gasteiger partial charge in [-0.25, -0.2) is 0 Å². The topological polar surface area (TPSA) is 58.2 Å². The molecule has 0 saturated carbocycles. The molecule has 2 atom stereocenters. The number of rotatable bonds is 16. The van der Waals surface area contributed by atoms with Crippen LogP contribution in [0.25, 0.3) is 0 Å². The number of carbonyl (C=O) groups is 2. The average molecular weight is 373 g/mol. The maximum atomic E-state index is 11.9. The molecule has 148 valence electrons. The van der Waals surface area contributed by atoms with Crippen molar-refractivity contribution < 1.29 is 9.59 Å². The van der Waals surface area contributed by atoms with Gasteiger partial charge in [-0.1, -0.05) is 52.4 Å². The average Bonchev–Trinajstić information content (AvgIpc) is 2.54. The molecule has 0 aliphatic rings. The van der Waals surface area contributed by atoms with E-state index in [4.69, 9.17) is 0 Å². The highest BCUT2D eigenvalue weighted by atomic mass is 32.2. The molecule has 0 radical (unpaired) electrons. The van der Waals surface area contributed by atoms with Gasteiger partial charge in [0.05, 0.1) is 0 Å². The molecule has 0 bridgehead atoms. The van der Waals surface area contributed by atoms with E-state index in [1.165, 1.54) is 38.5 Å². The molecule has 0 aromatic carbocycles. The first-order chi connectivity index (χ1) is 12.0. The maximum absolute atomic E-state index is 11.9. The third-order valence-corrected chi connectivity index (χ3v) is 5.23. The Morgan fingerprint density at radius 2 is 1.16 bits per heavy atom. The van der Waals surface area contributed by atoms with Crippen LogP contribution in [0.5, 0.6) is 0 Å². The van der Waals surface area contributed by atoms with Gasteiger partial charge in [0.2, 0.25) is 11.8 Å². The molecule has 25 heavy (non-hydrogen) atoms. The number of hydrogen-bond donors (Lipinski definition) is 2. The third kappa shape index (κ3) is 16.5. The fourth-order valence-electron chi connectivity index (χ4n) is 2.67. The van der Waals surface area contributed by atoms with Gasteiger partial charge < -0.3 is 10.6 Å². The van der Waals surface area contributed by atoms with E-state index in [1.807, 2.05) is 0 Å². The van der Waals surface area contributed by atoms with Crippen LogP contribution >= 0.6 is 11.8 Å². The Morgan fingerprint density at radius 3 is 1.52 bits per heavy atom. The lowest BCUT2D eigenvalue weighted by atomic mass is 10.1. The predicted molar refractivity (Wildman–Crippen MR) is 110 cm³/mol. The molecule has 0 rings (SSSR count). The van der Waals surface area contributed by atoms with Crippen LogP contribution in [0.3, 0.4) is 0 Å². The van der Waals surface area contributed by atoms with Crippen molar-refractivity contribution in [2.75, 3.05) is 11.5 Å². The van der Waals surface area contributed by atoms with E-state index in [-0.39, 0.29) is 23.9 Å². The molecular formula is C20H40N2O2S. The standard InChI is InChI=1S/C20H40N2O2S/c1-5-7-9-11-17(3)21-19(23)13-15-25-16-14-20(24)22-18(4)12-10-8-6-2/h17-18H,5-16H2,1-4H3,(H,21,23)(H,22,24)/t17-,18-/m0/s1. The Morgan fingerprint density at radius 1 is 0.760 bits per heavy atom. The number of hydrogen-bond acceptors (Lipinski definition) is 3. The number of nitrogens with one attached hydrogen (secondary N) is 2. The van der Waals surface area contributed by atoms with Gasteiger partial charge in [-0.3, -0.25) is 9.59 Å². The van der Waals surface area contributed by atoms with Crippen molar-refractivity contribution in [3.8, 4) is 0 Å². The molecule has 0 aromatic heterocycles. The van der Waals surface area contributed by atoms with Gasteiger partial charge in [0.15, 0.2) is 0 Å². The summed E-state index contributed by atoms with van der Waals surface area (Å²) in [6, 6.07) is 0.535. The predicted octanol–water partition coefficient (Wildman–Crippen LogP) is 4.67. The van der Waals surface area contributed by atoms with Crippen LogP contribution in [0.1, 0.15) is 91.9 Å². The molecule has 0 aromatic rings. The quantitative estimate of drug-likeness (QED) is 0.387. The van der Waals surface area contributed by atoms with E-state index in [0.717, 1.165) is 24.3 Å². The number of thioether (sulfide) groups is 1. The van der Waals surface area contributed by atoms with Crippen LogP contribution < -0.4 is 10.6 Å². The summed E-state index contributed by atoms with van der Waals surface area (Å²) in [5, 5.41) is 6.11. The van der Waals surface area contributed by atoms with E-state index >= 15 is 0 Å². The van der Waals surface area contributed by atoms with Gasteiger partial charge >= 0.3 is 0 Å². The first-order valence-corrected chi connectivity index (χ1v) is 11.3. The number of unbranched alkanes of at least 4 members (excludes halogenated alkanes) is 4. The summed E-state index contributed by atoms with van der Waals surface area (Å²) < 4.78 is 0. The zero-order valence-corrected chi connectivity index (χ0v) is 17.7. The molecular weight excluding hydrogens is 332 g/mol. The number of carbonyl (C=O) groups excluding carboxylic acids is 2. The van der Waals surface area contributed by atoms with Gasteiger partial charge in [-0.2, -0.15) is 11.8 Å². The molecule has 0 spiro atoms. The van der Waals surface area contributed by atoms with E-state index in [0.29, 0.717) is 12.8 Å². The van der Waals surface area contributed by atoms with Gasteiger partial charge in [0.1, 0.15) is 0 Å². The minimum atomic E-state index is 0.130. The molecule has 0 aliphatic heterocycles. The lowest BCUT2D eigenvalue weighted by Crippen LogP contribution is -2.33. The minimum absolute atomic E-state index is 0.130. The van der Waals surface area contributed by atoms with Crippen LogP contribution in [0, 0.1) is 0 Å². The van der Waals surface area contributed by atoms with Crippen molar-refractivity contribution in [2.45, 2.75) is 104 Å². The van der Waals surface area contributed by atoms with Gasteiger partial charge in [-0.05, 0) is 26.7 Å². The van der Waals surface area contributed by atoms with E-state index < -0.39 is 0 Å². The van der Waals surface area contributed by atoms with Crippen LogP contribution in [0.15, 0.2) is 0 Å². The van der Waals surface area contributed by atoms with Crippen LogP contribution in [0.4, 0.5) is 0 Å². The first-order valence-electron chi connectivity index (χ1n) is 10.2. The molecule has 2 N–H and O–H groups in total. The second-order valence-corrected chi connectivity index (χ2v) is 8.27. The summed E-state index contributed by atoms with van der Waals surface area (Å²) >= 11 is 1.69. The van der Waals surface area contributed by atoms with E-state index in [2.05, 4.69) is 38.3 Å². The molecule has 0 heterocycles. The highest BCUT2D eigenvalue weighted by Crippen LogP contribution is 2.07. The van der Waals surface area contributed by atoms with E-state index in [1.54, 1.807) is 11.8 Å². The molecule has 0 aliphatic carbocycles. The lowest BCUT2D eigenvalue weighted by Gasteiger charge is -2.14. The minimum Gasteiger partial charge on any atom is -0.354 e. The monoisotopic (exact) mass is 372 g/mol. The summed E-state index contributed by atoms with van der Waals surface area (Å²) in [5.41, 5.74) is 0. The van der Waals surface area contributed by atoms with Crippen LogP contribution in [-0.2, 0) is 9.59 Å². The second-order valence-electron chi connectivity index (χ2n) is 7.04. The maximum Gasteiger partial charge on any atom is 0.221 e. The highest BCUT2D eigenvalue weighted by Gasteiger charge is 2.09. The molecule has 4 nitrogen and oxygen atoms in total. The highest BCUT2D eigenvalue weighted by molar-refractivity contribution is 7.99. The van der Waals surface area contributed by atoms with Crippen molar-refractivity contribution >= 4 is 23.6 Å². The molecule has 5 heteroatoms. The van der Waals surface area contributed by atoms with E-state index in [9.17, 15) is 9.59 Å². The van der Waals surface area contributed by atoms with Gasteiger partial charge in [0.25, 0.3) is 0 Å². The summed E-state index contributed by atoms with van der Waals surface area (Å²) in [6.45, 7) is 8.53. The van der Waals surface area contributed by atoms with Crippen molar-refractivity contribution in [1.82, 2.24) is 10.6 Å². The molecule has 0 unspecified atom stereocenters. The second kappa shape index (κ2) is 16.7. The Labute approximate surface area is 159 Å². The molecule has 2 amide bonds. The summed E-state index contributed by atoms with van der Waals surface area (Å²) in [5.74, 6) is 1.83. The van der Waals surface area contributed by atoms with Crippen molar-refractivity contribution in [2.24, 2.45) is 0 Å². The van der Waals surface area contributed by atoms with Crippen molar-refractivity contribution in [3.05, 3.63) is 0 Å². The number of amides is 2. The smallest absolute Gasteiger partial charge is 0.221 e. The first kappa shape index (κ1) is 24.3. The van der Waals surface area contributed by atoms with Crippen LogP contribution in [-0.4, -0.2) is 35.4 Å². The third-order valence-electron chi connectivity index (χ3n) is 4.24. The molecule has 0 fully saturated rings. The Balaban J connectivity index is 3.57. The Kier molecular flexibility index (Phi) is 16.3. The summed E-state index contributed by atoms with van der Waals surface area (Å²) in [4.78, 5) is 23.7. The molecule has 0 saturated heterocycles. The van der Waals surface area contributed by atoms with Crippen molar-refractivity contribution in [1.29, 1.82) is 0 Å². The normalized spacial score (nSPS) is 13.3. The van der Waals surface area contributed by atoms with Gasteiger partial charge in [-0.15, -0.1) is 0 Å². The fraction of sp³-hybridized carbons (Fsp3) is 0.900. The van der Waals surface area contributed by atoms with Gasteiger partial charge in [0, 0.05) is 36.4 Å². The zero-order valence-electron chi connectivity index (χ0n) is 16.9. The Hall–Kier alpha value is -0.710. The zero-order chi connectivity index (χ0) is 18.9. The van der Waals surface area contributed by atoms with Crippen molar-refractivity contribution in [3.63, 3.8) is 0 Å². The summed E-state index contributed by atoms with van der Waals surface area (Å²) in [7, 11) is 0. The lowest BCUT2D eigenvalue weighted by molar-refractivity contribution is -0.122. The SMILES string of the molecule is CCCCC[C@H](C)NC(=O)CCSCCC(=O)N[C@@H](C)CCCCC. The van der Waals surface area contributed by atoms with Crippen LogP contribution in [0.2, 0.25) is 0 Å².